The van der Waals surface area contributed by atoms with E-state index in [4.69, 9.17) is 0 Å². The fourth-order valence-electron chi connectivity index (χ4n) is 1.15. The molecule has 21 heavy (non-hydrogen) atoms. The maximum atomic E-state index is 13.6. The Morgan fingerprint density at radius 1 is 0.952 bits per heavy atom. The molecule has 10 heteroatoms. The number of rotatable bonds is 10. The Bertz CT molecular complexity index is 369. The average Bonchev–Trinajstić information content (AvgIpc) is 2.37. The number of carbonyl (C=O) groups is 1. The second-order valence-electron chi connectivity index (χ2n) is 4.24. The van der Waals surface area contributed by atoms with E-state index in [0.717, 1.165) is 0 Å². The fourth-order valence-corrected chi connectivity index (χ4v) is 2.67. The van der Waals surface area contributed by atoms with Crippen molar-refractivity contribution in [3.8, 4) is 0 Å². The lowest BCUT2D eigenvalue weighted by atomic mass is 10.4. The van der Waals surface area contributed by atoms with Gasteiger partial charge in [-0.3, -0.25) is 9.36 Å². The fraction of sp³-hybridized carbons (Fsp3) is 0.909. The van der Waals surface area contributed by atoms with Gasteiger partial charge in [0.15, 0.2) is 0 Å². The maximum absolute atomic E-state index is 13.6. The van der Waals surface area contributed by atoms with Crippen LogP contribution in [0.5, 0.6) is 0 Å². The third-order valence-corrected chi connectivity index (χ3v) is 4.33. The number of carbonyl (C=O) groups excluding carboxylic acids is 1. The van der Waals surface area contributed by atoms with Crippen molar-refractivity contribution in [1.29, 1.82) is 0 Å². The third kappa shape index (κ3) is 5.64. The third-order valence-electron chi connectivity index (χ3n) is 2.39. The largest absolute Gasteiger partial charge is 0.457 e. The van der Waals surface area contributed by atoms with Crippen LogP contribution >= 0.6 is 7.60 Å². The minimum absolute atomic E-state index is 0.192. The van der Waals surface area contributed by atoms with E-state index in [1.165, 1.54) is 0 Å². The molecule has 0 aromatic carbocycles. The summed E-state index contributed by atoms with van der Waals surface area (Å²) in [5.74, 6) is -3.42. The van der Waals surface area contributed by atoms with Gasteiger partial charge in [0.2, 0.25) is 0 Å². The lowest BCUT2D eigenvalue weighted by Gasteiger charge is -2.25. The molecule has 0 aliphatic heterocycles. The van der Waals surface area contributed by atoms with Crippen LogP contribution in [-0.2, 0) is 18.4 Å². The first kappa shape index (κ1) is 20.5. The van der Waals surface area contributed by atoms with E-state index >= 15 is 0 Å². The van der Waals surface area contributed by atoms with Gasteiger partial charge >= 0.3 is 25.2 Å². The zero-order valence-corrected chi connectivity index (χ0v) is 12.6. The zero-order valence-electron chi connectivity index (χ0n) is 11.7. The topological polar surface area (TPSA) is 52.6 Å². The lowest BCUT2D eigenvalue weighted by Crippen LogP contribution is -2.41. The highest BCUT2D eigenvalue weighted by molar-refractivity contribution is 7.56. The first-order chi connectivity index (χ1) is 9.53. The van der Waals surface area contributed by atoms with Crippen LogP contribution in [0.2, 0.25) is 0 Å². The number of hydrogen-bond donors (Lipinski definition) is 0. The molecule has 0 atom stereocenters. The van der Waals surface area contributed by atoms with Crippen molar-refractivity contribution >= 4 is 13.4 Å². The van der Waals surface area contributed by atoms with E-state index in [1.807, 2.05) is 0 Å². The molecular weight excluding hydrogens is 322 g/mol. The standard InChI is InChI=1S/C11H18F5O4P/c1-3-5-7-19-21(18,20-8-6-4-2)11(15,16)9(17)10(12,13)14/h3-8H2,1-2H3. The summed E-state index contributed by atoms with van der Waals surface area (Å²) in [5, 5.41) is 0. The highest BCUT2D eigenvalue weighted by Crippen LogP contribution is 2.63. The monoisotopic (exact) mass is 340 g/mol. The van der Waals surface area contributed by atoms with E-state index in [9.17, 15) is 31.3 Å². The van der Waals surface area contributed by atoms with Crippen molar-refractivity contribution in [2.24, 2.45) is 0 Å². The van der Waals surface area contributed by atoms with Gasteiger partial charge in [-0.25, -0.2) is 0 Å². The van der Waals surface area contributed by atoms with Gasteiger partial charge in [-0.15, -0.1) is 0 Å². The highest BCUT2D eigenvalue weighted by Gasteiger charge is 2.67. The summed E-state index contributed by atoms with van der Waals surface area (Å²) in [5.41, 5.74) is -5.26. The van der Waals surface area contributed by atoms with Crippen molar-refractivity contribution in [2.75, 3.05) is 13.2 Å². The second kappa shape index (κ2) is 8.19. The Labute approximate surface area is 119 Å². The summed E-state index contributed by atoms with van der Waals surface area (Å²) in [4.78, 5) is 10.8. The molecule has 4 nitrogen and oxygen atoms in total. The molecule has 0 aliphatic carbocycles. The maximum Gasteiger partial charge on any atom is 0.457 e. The van der Waals surface area contributed by atoms with Gasteiger partial charge in [-0.1, -0.05) is 26.7 Å². The highest BCUT2D eigenvalue weighted by atomic mass is 31.2. The Balaban J connectivity index is 5.24. The SMILES string of the molecule is CCCCOP(=O)(OCCCC)C(F)(F)C(=O)C(F)(F)F. The predicted molar refractivity (Wildman–Crippen MR) is 65.3 cm³/mol. The van der Waals surface area contributed by atoms with E-state index in [1.54, 1.807) is 13.8 Å². The van der Waals surface area contributed by atoms with Crippen LogP contribution in [-0.4, -0.2) is 30.8 Å². The van der Waals surface area contributed by atoms with Gasteiger partial charge in [0.1, 0.15) is 0 Å². The van der Waals surface area contributed by atoms with E-state index in [0.29, 0.717) is 12.8 Å². The number of Topliss-reactive ketones (excluding diaryl/α,β-unsaturated/α-hetero) is 1. The van der Waals surface area contributed by atoms with Gasteiger partial charge in [-0.05, 0) is 12.8 Å². The molecule has 0 saturated heterocycles. The molecule has 0 N–H and O–H groups in total. The zero-order chi connectivity index (χ0) is 16.7. The van der Waals surface area contributed by atoms with Crippen molar-refractivity contribution < 1.29 is 40.4 Å². The van der Waals surface area contributed by atoms with E-state index in [-0.39, 0.29) is 12.8 Å². The van der Waals surface area contributed by atoms with Gasteiger partial charge in [-0.2, -0.15) is 22.0 Å². The predicted octanol–water partition coefficient (Wildman–Crippen LogP) is 4.54. The summed E-state index contributed by atoms with van der Waals surface area (Å²) in [7, 11) is -5.54. The van der Waals surface area contributed by atoms with Gasteiger partial charge in [0, 0.05) is 0 Å². The van der Waals surface area contributed by atoms with Crippen LogP contribution in [0.15, 0.2) is 0 Å². The number of hydrogen-bond acceptors (Lipinski definition) is 4. The molecule has 0 unspecified atom stereocenters. The van der Waals surface area contributed by atoms with Crippen molar-refractivity contribution in [3.05, 3.63) is 0 Å². The molecule has 0 aromatic heterocycles. The molecule has 0 rings (SSSR count). The van der Waals surface area contributed by atoms with Crippen LogP contribution in [0.25, 0.3) is 0 Å². The molecule has 0 spiro atoms. The Hall–Kier alpha value is -0.530. The Kier molecular flexibility index (Phi) is 7.99. The Morgan fingerprint density at radius 2 is 1.33 bits per heavy atom. The molecule has 0 aliphatic rings. The van der Waals surface area contributed by atoms with Gasteiger partial charge < -0.3 is 9.05 Å². The van der Waals surface area contributed by atoms with Crippen LogP contribution in [0.1, 0.15) is 39.5 Å². The lowest BCUT2D eigenvalue weighted by molar-refractivity contribution is -0.188. The number of alkyl halides is 5. The molecule has 0 fully saturated rings. The Morgan fingerprint density at radius 3 is 1.62 bits per heavy atom. The quantitative estimate of drug-likeness (QED) is 0.333. The smallest absolute Gasteiger partial charge is 0.304 e. The van der Waals surface area contributed by atoms with Crippen LogP contribution < -0.4 is 0 Å². The first-order valence-electron chi connectivity index (χ1n) is 6.41. The number of ketones is 1. The molecule has 0 aromatic rings. The summed E-state index contributed by atoms with van der Waals surface area (Å²) in [6, 6.07) is 0. The molecular formula is C11H18F5O4P. The minimum atomic E-state index is -5.83. The van der Waals surface area contributed by atoms with Crippen molar-refractivity contribution in [3.63, 3.8) is 0 Å². The molecule has 0 saturated carbocycles. The van der Waals surface area contributed by atoms with Crippen LogP contribution in [0.4, 0.5) is 22.0 Å². The normalized spacial score (nSPS) is 13.5. The minimum Gasteiger partial charge on any atom is -0.304 e. The summed E-state index contributed by atoms with van der Waals surface area (Å²) < 4.78 is 84.5. The first-order valence-corrected chi connectivity index (χ1v) is 7.95. The van der Waals surface area contributed by atoms with E-state index < -0.39 is 38.4 Å². The van der Waals surface area contributed by atoms with E-state index in [2.05, 4.69) is 9.05 Å². The summed E-state index contributed by atoms with van der Waals surface area (Å²) in [6.45, 7) is 2.37. The summed E-state index contributed by atoms with van der Waals surface area (Å²) >= 11 is 0. The van der Waals surface area contributed by atoms with Crippen LogP contribution in [0.3, 0.4) is 0 Å². The summed E-state index contributed by atoms with van der Waals surface area (Å²) in [6.07, 6.45) is -4.49. The molecule has 0 radical (unpaired) electrons. The van der Waals surface area contributed by atoms with Crippen LogP contribution in [0, 0.1) is 0 Å². The second-order valence-corrected chi connectivity index (χ2v) is 6.31. The molecule has 0 bridgehead atoms. The molecule has 0 heterocycles. The van der Waals surface area contributed by atoms with Gasteiger partial charge in [0.25, 0.3) is 0 Å². The van der Waals surface area contributed by atoms with Crippen molar-refractivity contribution in [2.45, 2.75) is 51.4 Å². The number of unbranched alkanes of at least 4 members (excludes halogenated alkanes) is 2. The van der Waals surface area contributed by atoms with Gasteiger partial charge in [0.05, 0.1) is 13.2 Å². The molecule has 0 amide bonds. The van der Waals surface area contributed by atoms with Crippen molar-refractivity contribution in [1.82, 2.24) is 0 Å². The molecule has 126 valence electrons. The number of halogens is 5. The average molecular weight is 340 g/mol.